The summed E-state index contributed by atoms with van der Waals surface area (Å²) in [6.45, 7) is 14.3. The third-order valence-electron chi connectivity index (χ3n) is 3.47. The van der Waals surface area contributed by atoms with Crippen molar-refractivity contribution in [3.8, 4) is 0 Å². The largest absolute Gasteiger partial charge is 0.478 e. The summed E-state index contributed by atoms with van der Waals surface area (Å²) in [5.41, 5.74) is 0.352. The third-order valence-corrected chi connectivity index (χ3v) is 3.47. The fourth-order valence-corrected chi connectivity index (χ4v) is 1.52. The molecule has 0 spiro atoms. The van der Waals surface area contributed by atoms with Crippen molar-refractivity contribution >= 4 is 11.9 Å². The second-order valence-corrected chi connectivity index (χ2v) is 6.65. The molecule has 2 saturated heterocycles. The number of carboxylic acids is 2. The molecular formula is C20H34O8. The SMILES string of the molecule is C(CCCOCC1CO1)CCOCC1CO1.C=C(C)C(=O)O.C=C(C)C(=O)O. The Labute approximate surface area is 167 Å². The molecule has 2 heterocycles. The van der Waals surface area contributed by atoms with Crippen molar-refractivity contribution in [3.05, 3.63) is 24.3 Å². The Balaban J connectivity index is 0.000000505. The molecule has 28 heavy (non-hydrogen) atoms. The zero-order valence-corrected chi connectivity index (χ0v) is 17.0. The Morgan fingerprint density at radius 3 is 1.32 bits per heavy atom. The maximum atomic E-state index is 9.60. The first-order valence-corrected chi connectivity index (χ1v) is 9.40. The van der Waals surface area contributed by atoms with Gasteiger partial charge in [0.1, 0.15) is 12.2 Å². The minimum Gasteiger partial charge on any atom is -0.478 e. The van der Waals surface area contributed by atoms with Gasteiger partial charge in [-0.2, -0.15) is 0 Å². The van der Waals surface area contributed by atoms with Gasteiger partial charge in [0.2, 0.25) is 0 Å². The van der Waals surface area contributed by atoms with Gasteiger partial charge < -0.3 is 29.2 Å². The van der Waals surface area contributed by atoms with Gasteiger partial charge >= 0.3 is 11.9 Å². The second-order valence-electron chi connectivity index (χ2n) is 6.65. The van der Waals surface area contributed by atoms with E-state index in [-0.39, 0.29) is 11.1 Å². The van der Waals surface area contributed by atoms with Crippen molar-refractivity contribution in [2.24, 2.45) is 0 Å². The van der Waals surface area contributed by atoms with E-state index >= 15 is 0 Å². The number of carboxylic acid groups (broad SMARTS) is 2. The highest BCUT2D eigenvalue weighted by atomic mass is 16.6. The van der Waals surface area contributed by atoms with E-state index in [4.69, 9.17) is 29.2 Å². The lowest BCUT2D eigenvalue weighted by atomic mass is 10.2. The average molecular weight is 402 g/mol. The predicted molar refractivity (Wildman–Crippen MR) is 104 cm³/mol. The molecule has 0 aliphatic carbocycles. The standard InChI is InChI=1S/C12H22O4.2C4H6O2/c1(3-5-13-7-11-9-15-11)2-4-6-14-8-12-10-16-12;2*1-3(2)4(5)6/h11-12H,1-10H2;2*1H2,2H3,(H,5,6). The van der Waals surface area contributed by atoms with Gasteiger partial charge in [-0.3, -0.25) is 0 Å². The van der Waals surface area contributed by atoms with Crippen LogP contribution in [0.5, 0.6) is 0 Å². The summed E-state index contributed by atoms with van der Waals surface area (Å²) < 4.78 is 21.0. The van der Waals surface area contributed by atoms with Crippen molar-refractivity contribution < 1.29 is 38.7 Å². The minimum atomic E-state index is -0.935. The molecule has 0 saturated carbocycles. The summed E-state index contributed by atoms with van der Waals surface area (Å²) >= 11 is 0. The maximum Gasteiger partial charge on any atom is 0.330 e. The molecule has 8 nitrogen and oxygen atoms in total. The van der Waals surface area contributed by atoms with E-state index < -0.39 is 11.9 Å². The average Bonchev–Trinajstić information content (AvgIpc) is 3.52. The van der Waals surface area contributed by atoms with Crippen LogP contribution in [0.2, 0.25) is 0 Å². The van der Waals surface area contributed by atoms with Crippen LogP contribution in [0.3, 0.4) is 0 Å². The Morgan fingerprint density at radius 1 is 0.821 bits per heavy atom. The van der Waals surface area contributed by atoms with E-state index in [0.717, 1.165) is 52.5 Å². The molecule has 2 rings (SSSR count). The first-order chi connectivity index (χ1) is 13.2. The van der Waals surface area contributed by atoms with Crippen LogP contribution in [0.1, 0.15) is 39.5 Å². The van der Waals surface area contributed by atoms with E-state index in [0.29, 0.717) is 12.2 Å². The van der Waals surface area contributed by atoms with E-state index in [1.807, 2.05) is 0 Å². The highest BCUT2D eigenvalue weighted by Gasteiger charge is 2.22. The molecule has 0 amide bonds. The van der Waals surface area contributed by atoms with Gasteiger partial charge in [0.05, 0.1) is 26.4 Å². The van der Waals surface area contributed by atoms with Crippen molar-refractivity contribution in [1.82, 2.24) is 0 Å². The summed E-state index contributed by atoms with van der Waals surface area (Å²) in [6.07, 6.45) is 5.57. The number of ether oxygens (including phenoxy) is 4. The lowest BCUT2D eigenvalue weighted by Gasteiger charge is -2.03. The molecule has 2 N–H and O–H groups in total. The Kier molecular flexibility index (Phi) is 15.2. The molecule has 0 aromatic heterocycles. The fraction of sp³-hybridized carbons (Fsp3) is 0.700. The Hall–Kier alpha value is -1.74. The first-order valence-electron chi connectivity index (χ1n) is 9.40. The van der Waals surface area contributed by atoms with Crippen molar-refractivity contribution in [1.29, 1.82) is 0 Å². The number of unbranched alkanes of at least 4 members (excludes halogenated alkanes) is 3. The quantitative estimate of drug-likeness (QED) is 0.274. The smallest absolute Gasteiger partial charge is 0.330 e. The van der Waals surface area contributed by atoms with Gasteiger partial charge in [-0.1, -0.05) is 26.0 Å². The van der Waals surface area contributed by atoms with Gasteiger partial charge in [-0.05, 0) is 26.7 Å². The van der Waals surface area contributed by atoms with E-state index in [9.17, 15) is 9.59 Å². The lowest BCUT2D eigenvalue weighted by Crippen LogP contribution is -2.04. The van der Waals surface area contributed by atoms with Crippen LogP contribution < -0.4 is 0 Å². The van der Waals surface area contributed by atoms with Gasteiger partial charge in [0, 0.05) is 24.4 Å². The molecule has 0 bridgehead atoms. The molecule has 0 aromatic carbocycles. The minimum absolute atomic E-state index is 0.176. The van der Waals surface area contributed by atoms with Crippen LogP contribution in [-0.4, -0.2) is 74.0 Å². The zero-order valence-electron chi connectivity index (χ0n) is 17.0. The highest BCUT2D eigenvalue weighted by molar-refractivity contribution is 5.85. The van der Waals surface area contributed by atoms with Crippen LogP contribution in [-0.2, 0) is 28.5 Å². The highest BCUT2D eigenvalue weighted by Crippen LogP contribution is 2.10. The molecule has 2 aliphatic heterocycles. The zero-order chi connectivity index (χ0) is 21.4. The van der Waals surface area contributed by atoms with Gasteiger partial charge in [-0.25, -0.2) is 9.59 Å². The fourth-order valence-electron chi connectivity index (χ4n) is 1.52. The summed E-state index contributed by atoms with van der Waals surface area (Å²) in [5.74, 6) is -1.87. The van der Waals surface area contributed by atoms with E-state index in [1.165, 1.54) is 26.7 Å². The maximum absolute atomic E-state index is 9.60. The molecular weight excluding hydrogens is 368 g/mol. The first kappa shape index (κ1) is 26.3. The van der Waals surface area contributed by atoms with E-state index in [2.05, 4.69) is 13.2 Å². The molecule has 2 unspecified atom stereocenters. The monoisotopic (exact) mass is 402 g/mol. The topological polar surface area (TPSA) is 118 Å². The number of carbonyl (C=O) groups is 2. The van der Waals surface area contributed by atoms with Gasteiger partial charge in [0.25, 0.3) is 0 Å². The van der Waals surface area contributed by atoms with Crippen LogP contribution in [0.25, 0.3) is 0 Å². The number of hydrogen-bond donors (Lipinski definition) is 2. The van der Waals surface area contributed by atoms with Crippen LogP contribution in [0, 0.1) is 0 Å². The number of hydrogen-bond acceptors (Lipinski definition) is 6. The summed E-state index contributed by atoms with van der Waals surface area (Å²) in [4.78, 5) is 19.2. The molecule has 0 aromatic rings. The molecule has 2 aliphatic rings. The molecule has 8 heteroatoms. The number of epoxide rings is 2. The molecule has 162 valence electrons. The van der Waals surface area contributed by atoms with E-state index in [1.54, 1.807) is 0 Å². The lowest BCUT2D eigenvalue weighted by molar-refractivity contribution is -0.133. The summed E-state index contributed by atoms with van der Waals surface area (Å²) in [5, 5.41) is 15.8. The molecule has 0 radical (unpaired) electrons. The van der Waals surface area contributed by atoms with Crippen molar-refractivity contribution in [3.63, 3.8) is 0 Å². The van der Waals surface area contributed by atoms with Crippen LogP contribution in [0.15, 0.2) is 24.3 Å². The normalized spacial score (nSPS) is 18.6. The third kappa shape index (κ3) is 20.6. The number of aliphatic carboxylic acids is 2. The van der Waals surface area contributed by atoms with Gasteiger partial charge in [-0.15, -0.1) is 0 Å². The van der Waals surface area contributed by atoms with Gasteiger partial charge in [0.15, 0.2) is 0 Å². The van der Waals surface area contributed by atoms with Crippen molar-refractivity contribution in [2.75, 3.05) is 39.6 Å². The summed E-state index contributed by atoms with van der Waals surface area (Å²) in [6, 6.07) is 0. The predicted octanol–water partition coefficient (Wildman–Crippen LogP) is 2.67. The van der Waals surface area contributed by atoms with Crippen LogP contribution >= 0.6 is 0 Å². The molecule has 2 fully saturated rings. The second kappa shape index (κ2) is 16.2. The Morgan fingerprint density at radius 2 is 1.11 bits per heavy atom. The summed E-state index contributed by atoms with van der Waals surface area (Å²) in [7, 11) is 0. The number of rotatable bonds is 13. The van der Waals surface area contributed by atoms with Crippen molar-refractivity contribution in [2.45, 2.75) is 51.7 Å². The van der Waals surface area contributed by atoms with Crippen LogP contribution in [0.4, 0.5) is 0 Å². The Bertz CT molecular complexity index is 413. The molecule has 2 atom stereocenters.